The molecule has 3 nitrogen and oxygen atoms in total. The number of aliphatic imine (C=N–C) groups is 1. The lowest BCUT2D eigenvalue weighted by atomic mass is 10.1. The van der Waals surface area contributed by atoms with E-state index in [1.807, 2.05) is 24.3 Å². The van der Waals surface area contributed by atoms with Crippen LogP contribution in [0.15, 0.2) is 65.9 Å². The molecule has 0 saturated carbocycles. The van der Waals surface area contributed by atoms with Gasteiger partial charge in [0.05, 0.1) is 17.6 Å². The van der Waals surface area contributed by atoms with E-state index in [-0.39, 0.29) is 0 Å². The topological polar surface area (TPSA) is 38.1 Å². The lowest BCUT2D eigenvalue weighted by molar-refractivity contribution is 0.717. The smallest absolute Gasteiger partial charge is 0.159 e. The number of aromatic nitrogens is 2. The predicted octanol–water partition coefficient (Wildman–Crippen LogP) is 6.01. The van der Waals surface area contributed by atoms with Crippen molar-refractivity contribution >= 4 is 23.1 Å². The van der Waals surface area contributed by atoms with E-state index in [2.05, 4.69) is 75.4 Å². The summed E-state index contributed by atoms with van der Waals surface area (Å²) in [6, 6.07) is 16.5. The minimum Gasteiger partial charge on any atom is -0.234 e. The largest absolute Gasteiger partial charge is 0.234 e. The molecule has 0 spiro atoms. The van der Waals surface area contributed by atoms with Crippen LogP contribution in [-0.4, -0.2) is 15.1 Å². The van der Waals surface area contributed by atoms with Crippen molar-refractivity contribution in [3.63, 3.8) is 0 Å². The number of thiocarbonyl (C=S) groups is 1. The Kier molecular flexibility index (Phi) is 7.21. The van der Waals surface area contributed by atoms with Crippen molar-refractivity contribution in [3.05, 3.63) is 77.6 Å². The molecule has 28 heavy (non-hydrogen) atoms. The van der Waals surface area contributed by atoms with Crippen molar-refractivity contribution in [1.82, 2.24) is 9.97 Å². The van der Waals surface area contributed by atoms with Crippen molar-refractivity contribution in [2.45, 2.75) is 32.6 Å². The third-order valence-electron chi connectivity index (χ3n) is 4.33. The molecule has 1 aromatic heterocycles. The molecule has 2 aromatic carbocycles. The van der Waals surface area contributed by atoms with E-state index in [1.54, 1.807) is 12.4 Å². The van der Waals surface area contributed by atoms with Crippen LogP contribution in [0.25, 0.3) is 11.4 Å². The van der Waals surface area contributed by atoms with Crippen molar-refractivity contribution in [3.8, 4) is 23.2 Å². The van der Waals surface area contributed by atoms with Gasteiger partial charge in [-0.25, -0.2) is 9.97 Å². The molecular formula is C24H21N3S. The lowest BCUT2D eigenvalue weighted by Gasteiger charge is -2.01. The molecular weight excluding hydrogens is 362 g/mol. The van der Waals surface area contributed by atoms with Gasteiger partial charge in [0.2, 0.25) is 0 Å². The van der Waals surface area contributed by atoms with Crippen LogP contribution in [0.5, 0.6) is 0 Å². The quantitative estimate of drug-likeness (QED) is 0.226. The Balaban J connectivity index is 1.65. The summed E-state index contributed by atoms with van der Waals surface area (Å²) in [5, 5.41) is 2.31. The highest BCUT2D eigenvalue weighted by molar-refractivity contribution is 7.78. The monoisotopic (exact) mass is 383 g/mol. The Bertz CT molecular complexity index is 1000. The Morgan fingerprint density at radius 2 is 1.46 bits per heavy atom. The SMILES string of the molecule is CCCCCc1ccc(C#Cc2ccc(-c3ncc(N=C=S)cn3)cc2)cc1. The van der Waals surface area contributed by atoms with Gasteiger partial charge < -0.3 is 0 Å². The maximum Gasteiger partial charge on any atom is 0.159 e. The van der Waals surface area contributed by atoms with E-state index in [0.29, 0.717) is 11.5 Å². The molecule has 0 bridgehead atoms. The average Bonchev–Trinajstić information content (AvgIpc) is 2.75. The van der Waals surface area contributed by atoms with E-state index in [1.165, 1.54) is 24.8 Å². The number of nitrogens with zero attached hydrogens (tertiary/aromatic N) is 3. The van der Waals surface area contributed by atoms with Gasteiger partial charge in [-0.3, -0.25) is 0 Å². The van der Waals surface area contributed by atoms with E-state index < -0.39 is 0 Å². The second-order valence-electron chi connectivity index (χ2n) is 6.45. The first kappa shape index (κ1) is 19.6. The first-order valence-electron chi connectivity index (χ1n) is 9.40. The van der Waals surface area contributed by atoms with Crippen LogP contribution < -0.4 is 0 Å². The van der Waals surface area contributed by atoms with Gasteiger partial charge in [-0.1, -0.05) is 43.7 Å². The summed E-state index contributed by atoms with van der Waals surface area (Å²) in [6.45, 7) is 2.23. The van der Waals surface area contributed by atoms with E-state index in [4.69, 9.17) is 0 Å². The zero-order valence-electron chi connectivity index (χ0n) is 15.9. The molecule has 0 aliphatic rings. The first-order valence-corrected chi connectivity index (χ1v) is 9.80. The maximum atomic E-state index is 4.58. The Hall–Kier alpha value is -3.12. The number of hydrogen-bond acceptors (Lipinski definition) is 4. The predicted molar refractivity (Wildman–Crippen MR) is 118 cm³/mol. The maximum absolute atomic E-state index is 4.58. The molecule has 0 N–H and O–H groups in total. The summed E-state index contributed by atoms with van der Waals surface area (Å²) >= 11 is 4.58. The number of unbranched alkanes of at least 4 members (excludes halogenated alkanes) is 2. The number of hydrogen-bond donors (Lipinski definition) is 0. The molecule has 0 amide bonds. The van der Waals surface area contributed by atoms with Gasteiger partial charge in [-0.2, -0.15) is 4.99 Å². The Morgan fingerprint density at radius 1 is 0.857 bits per heavy atom. The molecule has 1 heterocycles. The van der Waals surface area contributed by atoms with Gasteiger partial charge in [0.25, 0.3) is 0 Å². The van der Waals surface area contributed by atoms with Gasteiger partial charge >= 0.3 is 0 Å². The number of rotatable bonds is 6. The summed E-state index contributed by atoms with van der Waals surface area (Å²) in [7, 11) is 0. The van der Waals surface area contributed by atoms with Crippen molar-refractivity contribution in [2.75, 3.05) is 0 Å². The van der Waals surface area contributed by atoms with Crippen LogP contribution in [0, 0.1) is 11.8 Å². The summed E-state index contributed by atoms with van der Waals surface area (Å²) in [6.07, 6.45) is 8.18. The fraction of sp³-hybridized carbons (Fsp3) is 0.208. The fourth-order valence-corrected chi connectivity index (χ4v) is 2.87. The van der Waals surface area contributed by atoms with Gasteiger partial charge in [-0.15, -0.1) is 0 Å². The second kappa shape index (κ2) is 10.3. The molecule has 0 aliphatic heterocycles. The molecule has 0 saturated heterocycles. The molecule has 0 aliphatic carbocycles. The Labute approximate surface area is 171 Å². The number of aryl methyl sites for hydroxylation is 1. The van der Waals surface area contributed by atoms with Crippen molar-refractivity contribution in [2.24, 2.45) is 4.99 Å². The molecule has 4 heteroatoms. The third-order valence-corrected chi connectivity index (χ3v) is 4.42. The second-order valence-corrected chi connectivity index (χ2v) is 6.63. The lowest BCUT2D eigenvalue weighted by Crippen LogP contribution is -1.87. The normalized spacial score (nSPS) is 9.89. The summed E-state index contributed by atoms with van der Waals surface area (Å²) in [4.78, 5) is 12.5. The fourth-order valence-electron chi connectivity index (χ4n) is 2.76. The van der Waals surface area contributed by atoms with Crippen LogP contribution in [0.3, 0.4) is 0 Å². The van der Waals surface area contributed by atoms with Crippen LogP contribution in [0.2, 0.25) is 0 Å². The molecule has 0 radical (unpaired) electrons. The number of isothiocyanates is 1. The number of benzene rings is 2. The molecule has 138 valence electrons. The van der Waals surface area contributed by atoms with Gasteiger partial charge in [0.1, 0.15) is 5.69 Å². The summed E-state index contributed by atoms with van der Waals surface area (Å²) in [5.41, 5.74) is 4.89. The van der Waals surface area contributed by atoms with Crippen LogP contribution in [0.4, 0.5) is 5.69 Å². The molecule has 0 atom stereocenters. The summed E-state index contributed by atoms with van der Waals surface area (Å²) in [5.74, 6) is 7.08. The highest BCUT2D eigenvalue weighted by Crippen LogP contribution is 2.17. The minimum atomic E-state index is 0.595. The standard InChI is InChI=1S/C24H21N3S/c1-2-3-4-5-19-6-8-20(9-7-19)10-11-21-12-14-22(15-13-21)24-25-16-23(17-26-24)27-18-28/h6-9,12-17H,2-5H2,1H3. The highest BCUT2D eigenvalue weighted by atomic mass is 32.1. The summed E-state index contributed by atoms with van der Waals surface area (Å²) < 4.78 is 0. The zero-order chi connectivity index (χ0) is 19.6. The van der Waals surface area contributed by atoms with Gasteiger partial charge in [0, 0.05) is 16.7 Å². The molecule has 0 unspecified atom stereocenters. The molecule has 0 fully saturated rings. The average molecular weight is 384 g/mol. The molecule has 3 rings (SSSR count). The van der Waals surface area contributed by atoms with E-state index in [9.17, 15) is 0 Å². The highest BCUT2D eigenvalue weighted by Gasteiger charge is 2.01. The van der Waals surface area contributed by atoms with E-state index in [0.717, 1.165) is 23.1 Å². The minimum absolute atomic E-state index is 0.595. The van der Waals surface area contributed by atoms with Gasteiger partial charge in [-0.05, 0) is 67.0 Å². The Morgan fingerprint density at radius 3 is 2.04 bits per heavy atom. The van der Waals surface area contributed by atoms with Crippen molar-refractivity contribution < 1.29 is 0 Å². The van der Waals surface area contributed by atoms with E-state index >= 15 is 0 Å². The first-order chi connectivity index (χ1) is 13.8. The zero-order valence-corrected chi connectivity index (χ0v) is 16.7. The van der Waals surface area contributed by atoms with Crippen molar-refractivity contribution in [1.29, 1.82) is 0 Å². The van der Waals surface area contributed by atoms with Crippen LogP contribution in [-0.2, 0) is 6.42 Å². The molecule has 3 aromatic rings. The van der Waals surface area contributed by atoms with Crippen LogP contribution in [0.1, 0.15) is 42.9 Å². The third kappa shape index (κ3) is 5.69. The van der Waals surface area contributed by atoms with Crippen LogP contribution >= 0.6 is 12.2 Å². The van der Waals surface area contributed by atoms with Gasteiger partial charge in [0.15, 0.2) is 5.82 Å².